The van der Waals surface area contributed by atoms with Gasteiger partial charge < -0.3 is 14.0 Å². The standard InChI is InChI=1S/C12H17N3O3/c1-9(16)5-6-15(2)8-11-13-12(18-14-11)10-4-3-7-17-10/h3-4,7,9,16H,5-6,8H2,1-2H3. The summed E-state index contributed by atoms with van der Waals surface area (Å²) in [5, 5.41) is 13.1. The van der Waals surface area contributed by atoms with Crippen LogP contribution in [0.2, 0.25) is 0 Å². The van der Waals surface area contributed by atoms with E-state index in [0.717, 1.165) is 13.0 Å². The number of aromatic nitrogens is 2. The Kier molecular flexibility index (Phi) is 4.11. The number of rotatable bonds is 6. The van der Waals surface area contributed by atoms with E-state index in [4.69, 9.17) is 8.94 Å². The van der Waals surface area contributed by atoms with E-state index in [2.05, 4.69) is 10.1 Å². The van der Waals surface area contributed by atoms with Crippen molar-refractivity contribution in [3.8, 4) is 11.7 Å². The van der Waals surface area contributed by atoms with Gasteiger partial charge in [-0.2, -0.15) is 4.98 Å². The Morgan fingerprint density at radius 2 is 2.33 bits per heavy atom. The third-order valence-electron chi connectivity index (χ3n) is 2.54. The highest BCUT2D eigenvalue weighted by molar-refractivity contribution is 5.42. The number of furan rings is 1. The molecule has 0 aliphatic rings. The third kappa shape index (κ3) is 3.41. The van der Waals surface area contributed by atoms with Crippen LogP contribution in [0.5, 0.6) is 0 Å². The number of aliphatic hydroxyl groups excluding tert-OH is 1. The Hall–Kier alpha value is -1.66. The Labute approximate surface area is 105 Å². The van der Waals surface area contributed by atoms with Gasteiger partial charge in [-0.25, -0.2) is 0 Å². The quantitative estimate of drug-likeness (QED) is 0.839. The highest BCUT2D eigenvalue weighted by Gasteiger charge is 2.12. The lowest BCUT2D eigenvalue weighted by atomic mass is 10.3. The van der Waals surface area contributed by atoms with Crippen LogP contribution in [0.15, 0.2) is 27.3 Å². The lowest BCUT2D eigenvalue weighted by Gasteiger charge is -2.14. The largest absolute Gasteiger partial charge is 0.459 e. The molecule has 98 valence electrons. The average Bonchev–Trinajstić information content (AvgIpc) is 2.95. The maximum absolute atomic E-state index is 9.21. The summed E-state index contributed by atoms with van der Waals surface area (Å²) >= 11 is 0. The van der Waals surface area contributed by atoms with Crippen molar-refractivity contribution in [3.63, 3.8) is 0 Å². The van der Waals surface area contributed by atoms with Gasteiger partial charge in [0.25, 0.3) is 5.89 Å². The van der Waals surface area contributed by atoms with Crippen molar-refractivity contribution in [3.05, 3.63) is 24.2 Å². The van der Waals surface area contributed by atoms with Gasteiger partial charge in [0.2, 0.25) is 0 Å². The maximum Gasteiger partial charge on any atom is 0.293 e. The summed E-state index contributed by atoms with van der Waals surface area (Å²) in [6, 6.07) is 3.54. The van der Waals surface area contributed by atoms with Crippen molar-refractivity contribution in [2.24, 2.45) is 0 Å². The first-order valence-corrected chi connectivity index (χ1v) is 5.88. The first-order chi connectivity index (χ1) is 8.65. The number of nitrogens with zero attached hydrogens (tertiary/aromatic N) is 3. The molecule has 1 unspecified atom stereocenters. The molecular weight excluding hydrogens is 234 g/mol. The summed E-state index contributed by atoms with van der Waals surface area (Å²) in [6.07, 6.45) is 1.99. The minimum absolute atomic E-state index is 0.295. The molecule has 0 aliphatic heterocycles. The van der Waals surface area contributed by atoms with Crippen LogP contribution >= 0.6 is 0 Å². The van der Waals surface area contributed by atoms with E-state index in [1.165, 1.54) is 0 Å². The van der Waals surface area contributed by atoms with Gasteiger partial charge in [0.05, 0.1) is 18.9 Å². The van der Waals surface area contributed by atoms with Gasteiger partial charge in [-0.05, 0) is 32.5 Å². The van der Waals surface area contributed by atoms with Crippen molar-refractivity contribution < 1.29 is 14.0 Å². The van der Waals surface area contributed by atoms with Crippen LogP contribution in [0.3, 0.4) is 0 Å². The van der Waals surface area contributed by atoms with Gasteiger partial charge in [-0.3, -0.25) is 4.90 Å². The predicted octanol–water partition coefficient (Wildman–Crippen LogP) is 1.53. The highest BCUT2D eigenvalue weighted by Crippen LogP contribution is 2.17. The van der Waals surface area contributed by atoms with E-state index >= 15 is 0 Å². The van der Waals surface area contributed by atoms with E-state index in [1.54, 1.807) is 25.3 Å². The number of hydrogen-bond acceptors (Lipinski definition) is 6. The van der Waals surface area contributed by atoms with Crippen LogP contribution in [-0.2, 0) is 6.54 Å². The van der Waals surface area contributed by atoms with Crippen molar-refractivity contribution in [1.82, 2.24) is 15.0 Å². The normalized spacial score (nSPS) is 13.1. The molecule has 0 radical (unpaired) electrons. The van der Waals surface area contributed by atoms with E-state index in [0.29, 0.717) is 24.0 Å². The van der Waals surface area contributed by atoms with E-state index in [-0.39, 0.29) is 6.10 Å². The smallest absolute Gasteiger partial charge is 0.293 e. The van der Waals surface area contributed by atoms with Crippen molar-refractivity contribution in [2.45, 2.75) is 26.0 Å². The van der Waals surface area contributed by atoms with E-state index in [9.17, 15) is 5.11 Å². The van der Waals surface area contributed by atoms with Crippen LogP contribution in [0, 0.1) is 0 Å². The molecule has 0 saturated heterocycles. The van der Waals surface area contributed by atoms with Gasteiger partial charge in [0.1, 0.15) is 0 Å². The fourth-order valence-electron chi connectivity index (χ4n) is 1.55. The number of hydrogen-bond donors (Lipinski definition) is 1. The summed E-state index contributed by atoms with van der Waals surface area (Å²) in [5.41, 5.74) is 0. The van der Waals surface area contributed by atoms with Crippen molar-refractivity contribution in [1.29, 1.82) is 0 Å². The lowest BCUT2D eigenvalue weighted by molar-refractivity contribution is 0.161. The van der Waals surface area contributed by atoms with E-state index in [1.807, 2.05) is 11.9 Å². The monoisotopic (exact) mass is 251 g/mol. The van der Waals surface area contributed by atoms with Gasteiger partial charge >= 0.3 is 0 Å². The molecule has 1 atom stereocenters. The molecule has 6 heteroatoms. The summed E-state index contributed by atoms with van der Waals surface area (Å²) in [5.74, 6) is 1.56. The summed E-state index contributed by atoms with van der Waals surface area (Å²) in [7, 11) is 1.95. The molecule has 2 heterocycles. The topological polar surface area (TPSA) is 75.5 Å². The fraction of sp³-hybridized carbons (Fsp3) is 0.500. The van der Waals surface area contributed by atoms with Crippen LogP contribution in [0.25, 0.3) is 11.7 Å². The van der Waals surface area contributed by atoms with Crippen LogP contribution in [0.4, 0.5) is 0 Å². The Morgan fingerprint density at radius 1 is 1.50 bits per heavy atom. The first kappa shape index (κ1) is 12.8. The molecule has 0 spiro atoms. The number of aliphatic hydroxyl groups is 1. The second-order valence-electron chi connectivity index (χ2n) is 4.37. The summed E-state index contributed by atoms with van der Waals surface area (Å²) in [4.78, 5) is 6.28. The van der Waals surface area contributed by atoms with Crippen LogP contribution < -0.4 is 0 Å². The molecule has 6 nitrogen and oxygen atoms in total. The summed E-state index contributed by atoms with van der Waals surface area (Å²) in [6.45, 7) is 3.14. The molecule has 0 saturated carbocycles. The Morgan fingerprint density at radius 3 is 3.00 bits per heavy atom. The average molecular weight is 251 g/mol. The van der Waals surface area contributed by atoms with Crippen LogP contribution in [-0.4, -0.2) is 39.8 Å². The zero-order valence-corrected chi connectivity index (χ0v) is 10.5. The van der Waals surface area contributed by atoms with Crippen molar-refractivity contribution >= 4 is 0 Å². The molecule has 0 bridgehead atoms. The third-order valence-corrected chi connectivity index (χ3v) is 2.54. The van der Waals surface area contributed by atoms with Gasteiger partial charge in [-0.1, -0.05) is 5.16 Å². The molecule has 18 heavy (non-hydrogen) atoms. The van der Waals surface area contributed by atoms with E-state index < -0.39 is 0 Å². The molecule has 0 amide bonds. The zero-order valence-electron chi connectivity index (χ0n) is 10.5. The predicted molar refractivity (Wildman–Crippen MR) is 64.6 cm³/mol. The van der Waals surface area contributed by atoms with Crippen molar-refractivity contribution in [2.75, 3.05) is 13.6 Å². The molecule has 2 aromatic rings. The zero-order chi connectivity index (χ0) is 13.0. The Bertz CT molecular complexity index is 465. The SMILES string of the molecule is CC(O)CCN(C)Cc1noc(-c2ccco2)n1. The molecule has 0 aromatic carbocycles. The first-order valence-electron chi connectivity index (χ1n) is 5.88. The van der Waals surface area contributed by atoms with Crippen LogP contribution in [0.1, 0.15) is 19.2 Å². The molecule has 2 aromatic heterocycles. The molecule has 2 rings (SSSR count). The second kappa shape index (κ2) is 5.79. The fourth-order valence-corrected chi connectivity index (χ4v) is 1.55. The molecule has 0 aliphatic carbocycles. The molecule has 1 N–H and O–H groups in total. The minimum atomic E-state index is -0.295. The second-order valence-corrected chi connectivity index (χ2v) is 4.37. The van der Waals surface area contributed by atoms with Gasteiger partial charge in [-0.15, -0.1) is 0 Å². The minimum Gasteiger partial charge on any atom is -0.459 e. The summed E-state index contributed by atoms with van der Waals surface area (Å²) < 4.78 is 10.3. The molecular formula is C12H17N3O3. The Balaban J connectivity index is 1.90. The lowest BCUT2D eigenvalue weighted by Crippen LogP contribution is -2.22. The highest BCUT2D eigenvalue weighted by atomic mass is 16.5. The molecule has 0 fully saturated rings. The maximum atomic E-state index is 9.21. The van der Waals surface area contributed by atoms with Gasteiger partial charge in [0, 0.05) is 6.54 Å². The van der Waals surface area contributed by atoms with Gasteiger partial charge in [0.15, 0.2) is 11.6 Å².